The number of hydrogen-bond donors (Lipinski definition) is 1. The molecule has 0 fully saturated rings. The lowest BCUT2D eigenvalue weighted by molar-refractivity contribution is 0.321. The van der Waals surface area contributed by atoms with E-state index < -0.39 is 0 Å². The van der Waals surface area contributed by atoms with Crippen molar-refractivity contribution in [2.75, 3.05) is 6.61 Å². The molecule has 1 N–H and O–H groups in total. The van der Waals surface area contributed by atoms with Crippen molar-refractivity contribution >= 4 is 0 Å². The molecule has 0 atom stereocenters. The highest BCUT2D eigenvalue weighted by Crippen LogP contribution is 2.12. The van der Waals surface area contributed by atoms with Gasteiger partial charge in [0.15, 0.2) is 0 Å². The summed E-state index contributed by atoms with van der Waals surface area (Å²) in [4.78, 5) is 4.29. The van der Waals surface area contributed by atoms with Crippen molar-refractivity contribution in [3.8, 4) is 5.75 Å². The van der Waals surface area contributed by atoms with E-state index >= 15 is 0 Å². The zero-order valence-electron chi connectivity index (χ0n) is 11.0. The quantitative estimate of drug-likeness (QED) is 0.737. The maximum Gasteiger partial charge on any atom is 0.122 e. The first-order valence-corrected chi connectivity index (χ1v) is 6.03. The summed E-state index contributed by atoms with van der Waals surface area (Å²) in [5.74, 6) is 0.877. The summed E-state index contributed by atoms with van der Waals surface area (Å²) >= 11 is 0. The summed E-state index contributed by atoms with van der Waals surface area (Å²) in [5.41, 5.74) is 2.15. The number of hydrogen-bond acceptors (Lipinski definition) is 3. The molecule has 0 bridgehead atoms. The van der Waals surface area contributed by atoms with E-state index in [0.29, 0.717) is 12.6 Å². The Morgan fingerprint density at radius 2 is 2.29 bits per heavy atom. The lowest BCUT2D eigenvalue weighted by Gasteiger charge is -2.09. The van der Waals surface area contributed by atoms with Crippen LogP contribution in [0.15, 0.2) is 30.5 Å². The zero-order chi connectivity index (χ0) is 12.7. The van der Waals surface area contributed by atoms with Gasteiger partial charge in [-0.25, -0.2) is 0 Å². The van der Waals surface area contributed by atoms with Crippen LogP contribution in [0.1, 0.15) is 32.9 Å². The van der Waals surface area contributed by atoms with Crippen molar-refractivity contribution in [3.05, 3.63) is 36.2 Å². The molecular formula is C14H22N2O. The largest absolute Gasteiger partial charge is 0.493 e. The Morgan fingerprint density at radius 1 is 1.53 bits per heavy atom. The van der Waals surface area contributed by atoms with Crippen molar-refractivity contribution in [2.45, 2.75) is 39.8 Å². The first kappa shape index (κ1) is 13.7. The first-order chi connectivity index (χ1) is 8.08. The molecule has 0 saturated carbocycles. The van der Waals surface area contributed by atoms with Gasteiger partial charge in [0.2, 0.25) is 0 Å². The van der Waals surface area contributed by atoms with Crippen LogP contribution in [-0.4, -0.2) is 17.6 Å². The third-order valence-electron chi connectivity index (χ3n) is 2.28. The van der Waals surface area contributed by atoms with Gasteiger partial charge in [0.1, 0.15) is 5.75 Å². The maximum atomic E-state index is 5.64. The topological polar surface area (TPSA) is 34.1 Å². The van der Waals surface area contributed by atoms with E-state index in [-0.39, 0.29) is 0 Å². The molecule has 0 spiro atoms. The molecule has 1 heterocycles. The van der Waals surface area contributed by atoms with Gasteiger partial charge in [0, 0.05) is 31.3 Å². The monoisotopic (exact) mass is 234 g/mol. The molecule has 0 aromatic carbocycles. The molecule has 1 aromatic heterocycles. The van der Waals surface area contributed by atoms with Crippen molar-refractivity contribution in [2.24, 2.45) is 0 Å². The fourth-order valence-electron chi connectivity index (χ4n) is 1.29. The van der Waals surface area contributed by atoms with Crippen LogP contribution >= 0.6 is 0 Å². The van der Waals surface area contributed by atoms with E-state index in [4.69, 9.17) is 4.74 Å². The predicted molar refractivity (Wildman–Crippen MR) is 71.1 cm³/mol. The molecule has 0 aliphatic heterocycles. The molecule has 1 rings (SSSR count). The second-order valence-electron chi connectivity index (χ2n) is 4.57. The Kier molecular flexibility index (Phi) is 5.70. The molecule has 0 radical (unpaired) electrons. The van der Waals surface area contributed by atoms with E-state index in [1.807, 2.05) is 19.1 Å². The summed E-state index contributed by atoms with van der Waals surface area (Å²) in [6.45, 7) is 11.5. The van der Waals surface area contributed by atoms with Gasteiger partial charge < -0.3 is 10.1 Å². The molecule has 17 heavy (non-hydrogen) atoms. The van der Waals surface area contributed by atoms with E-state index in [9.17, 15) is 0 Å². The minimum absolute atomic E-state index is 0.463. The Bertz CT molecular complexity index is 361. The standard InChI is InChI=1S/C14H22N2O/c1-11(2)6-8-17-14-5-7-15-13(9-14)10-16-12(3)4/h5,7,9,12,16H,1,6,8,10H2,2-4H3. The number of nitrogens with one attached hydrogen (secondary N) is 1. The van der Waals surface area contributed by atoms with Crippen molar-refractivity contribution in [1.82, 2.24) is 10.3 Å². The summed E-state index contributed by atoms with van der Waals surface area (Å²) in [6, 6.07) is 4.33. The Morgan fingerprint density at radius 3 is 2.94 bits per heavy atom. The highest BCUT2D eigenvalue weighted by molar-refractivity contribution is 5.22. The molecule has 1 aromatic rings. The van der Waals surface area contributed by atoms with E-state index in [2.05, 4.69) is 30.7 Å². The van der Waals surface area contributed by atoms with Gasteiger partial charge in [-0.3, -0.25) is 4.98 Å². The molecule has 3 nitrogen and oxygen atoms in total. The van der Waals surface area contributed by atoms with Crippen LogP contribution in [0.3, 0.4) is 0 Å². The minimum atomic E-state index is 0.463. The zero-order valence-corrected chi connectivity index (χ0v) is 11.0. The molecule has 94 valence electrons. The van der Waals surface area contributed by atoms with Gasteiger partial charge in [-0.2, -0.15) is 0 Å². The number of pyridine rings is 1. The Labute approximate surface area is 104 Å². The third kappa shape index (κ3) is 6.07. The summed E-state index contributed by atoms with van der Waals surface area (Å²) in [7, 11) is 0. The lowest BCUT2D eigenvalue weighted by Crippen LogP contribution is -2.22. The smallest absolute Gasteiger partial charge is 0.122 e. The molecule has 0 aliphatic carbocycles. The average Bonchev–Trinajstić information content (AvgIpc) is 2.26. The normalized spacial score (nSPS) is 10.6. The average molecular weight is 234 g/mol. The summed E-state index contributed by atoms with van der Waals surface area (Å²) in [6.07, 6.45) is 2.68. The Hall–Kier alpha value is -1.35. The van der Waals surface area contributed by atoms with Crippen LogP contribution in [0, 0.1) is 0 Å². The first-order valence-electron chi connectivity index (χ1n) is 6.03. The van der Waals surface area contributed by atoms with E-state index in [1.165, 1.54) is 0 Å². The fourth-order valence-corrected chi connectivity index (χ4v) is 1.29. The van der Waals surface area contributed by atoms with Crippen LogP contribution in [0.25, 0.3) is 0 Å². The second-order valence-corrected chi connectivity index (χ2v) is 4.57. The minimum Gasteiger partial charge on any atom is -0.493 e. The van der Waals surface area contributed by atoms with Crippen LogP contribution in [0.5, 0.6) is 5.75 Å². The van der Waals surface area contributed by atoms with Gasteiger partial charge >= 0.3 is 0 Å². The molecular weight excluding hydrogens is 212 g/mol. The van der Waals surface area contributed by atoms with E-state index in [0.717, 1.165) is 30.0 Å². The van der Waals surface area contributed by atoms with Crippen molar-refractivity contribution in [1.29, 1.82) is 0 Å². The molecule has 0 saturated heterocycles. The van der Waals surface area contributed by atoms with Crippen LogP contribution in [-0.2, 0) is 6.54 Å². The molecule has 3 heteroatoms. The fraction of sp³-hybridized carbons (Fsp3) is 0.500. The second kappa shape index (κ2) is 7.07. The SMILES string of the molecule is C=C(C)CCOc1ccnc(CNC(C)C)c1. The van der Waals surface area contributed by atoms with E-state index in [1.54, 1.807) is 6.20 Å². The predicted octanol–water partition coefficient (Wildman–Crippen LogP) is 2.92. The van der Waals surface area contributed by atoms with Crippen LogP contribution in [0.2, 0.25) is 0 Å². The van der Waals surface area contributed by atoms with Crippen LogP contribution in [0.4, 0.5) is 0 Å². The van der Waals surface area contributed by atoms with Gasteiger partial charge in [0.25, 0.3) is 0 Å². The Balaban J connectivity index is 2.45. The van der Waals surface area contributed by atoms with Gasteiger partial charge in [0.05, 0.1) is 12.3 Å². The summed E-state index contributed by atoms with van der Waals surface area (Å²) in [5, 5.41) is 3.33. The third-order valence-corrected chi connectivity index (χ3v) is 2.28. The van der Waals surface area contributed by atoms with Gasteiger partial charge in [-0.05, 0) is 13.0 Å². The van der Waals surface area contributed by atoms with Crippen LogP contribution < -0.4 is 10.1 Å². The lowest BCUT2D eigenvalue weighted by atomic mass is 10.2. The highest BCUT2D eigenvalue weighted by atomic mass is 16.5. The van der Waals surface area contributed by atoms with Crippen molar-refractivity contribution < 1.29 is 4.74 Å². The van der Waals surface area contributed by atoms with Gasteiger partial charge in [-0.1, -0.05) is 19.4 Å². The number of rotatable bonds is 7. The molecule has 0 unspecified atom stereocenters. The molecule has 0 amide bonds. The van der Waals surface area contributed by atoms with Crippen molar-refractivity contribution in [3.63, 3.8) is 0 Å². The molecule has 0 aliphatic rings. The maximum absolute atomic E-state index is 5.64. The number of ether oxygens (including phenoxy) is 1. The van der Waals surface area contributed by atoms with Gasteiger partial charge in [-0.15, -0.1) is 6.58 Å². The number of nitrogens with zero attached hydrogens (tertiary/aromatic N) is 1. The highest BCUT2D eigenvalue weighted by Gasteiger charge is 1.99. The summed E-state index contributed by atoms with van der Waals surface area (Å²) < 4.78 is 5.64. The number of aromatic nitrogens is 1.